The Labute approximate surface area is 106 Å². The molecule has 0 aromatic carbocycles. The second-order valence-corrected chi connectivity index (χ2v) is 5.72. The van der Waals surface area contributed by atoms with E-state index in [9.17, 15) is 4.79 Å². The maximum absolute atomic E-state index is 11.6. The lowest BCUT2D eigenvalue weighted by Gasteiger charge is -2.06. The molecule has 0 atom stereocenters. The molecule has 3 rings (SSSR count). The summed E-state index contributed by atoms with van der Waals surface area (Å²) >= 11 is 3.00. The van der Waals surface area contributed by atoms with E-state index in [1.165, 1.54) is 11.3 Å². The lowest BCUT2D eigenvalue weighted by Crippen LogP contribution is -2.09. The first kappa shape index (κ1) is 10.9. The van der Waals surface area contributed by atoms with E-state index < -0.39 is 0 Å². The molecule has 2 aromatic rings. The van der Waals surface area contributed by atoms with Crippen LogP contribution >= 0.6 is 23.1 Å². The molecule has 0 aliphatic heterocycles. The highest BCUT2D eigenvalue weighted by atomic mass is 32.2. The number of ketones is 1. The maximum atomic E-state index is 11.6. The molecule has 0 fully saturated rings. The van der Waals surface area contributed by atoms with Gasteiger partial charge in [0.1, 0.15) is 0 Å². The minimum atomic E-state index is 0.0656. The van der Waals surface area contributed by atoms with Gasteiger partial charge in [0.2, 0.25) is 5.76 Å². The van der Waals surface area contributed by atoms with Gasteiger partial charge in [0.05, 0.1) is 0 Å². The largest absolute Gasteiger partial charge is 0.353 e. The zero-order valence-corrected chi connectivity index (χ0v) is 10.7. The second-order valence-electron chi connectivity index (χ2n) is 3.69. The highest BCUT2D eigenvalue weighted by Crippen LogP contribution is 2.34. The Morgan fingerprint density at radius 1 is 1.35 bits per heavy atom. The third-order valence-corrected chi connectivity index (χ3v) is 4.56. The van der Waals surface area contributed by atoms with Gasteiger partial charge in [-0.3, -0.25) is 4.79 Å². The van der Waals surface area contributed by atoms with Crippen LogP contribution in [-0.4, -0.2) is 27.4 Å². The Bertz CT molecular complexity index is 576. The van der Waals surface area contributed by atoms with Crippen LogP contribution < -0.4 is 0 Å². The molecule has 0 N–H and O–H groups in total. The number of thioether (sulfide) groups is 1. The molecule has 88 valence electrons. The molecule has 2 heterocycles. The molecular formula is C10H9N3O2S2. The molecule has 0 radical (unpaired) electrons. The van der Waals surface area contributed by atoms with E-state index >= 15 is 0 Å². The first-order valence-corrected chi connectivity index (χ1v) is 7.23. The van der Waals surface area contributed by atoms with Gasteiger partial charge < -0.3 is 4.52 Å². The van der Waals surface area contributed by atoms with Crippen LogP contribution in [0.25, 0.3) is 10.8 Å². The molecule has 0 saturated heterocycles. The quantitative estimate of drug-likeness (QED) is 0.778. The summed E-state index contributed by atoms with van der Waals surface area (Å²) in [5.74, 6) is 0.682. The van der Waals surface area contributed by atoms with Crippen molar-refractivity contribution in [2.24, 2.45) is 0 Å². The van der Waals surface area contributed by atoms with Crippen LogP contribution in [0.4, 0.5) is 0 Å². The van der Waals surface area contributed by atoms with Crippen LogP contribution in [-0.2, 0) is 6.42 Å². The number of carbonyl (C=O) groups excluding carboxylic acids is 1. The number of rotatable bonds is 2. The molecule has 0 bridgehead atoms. The highest BCUT2D eigenvalue weighted by molar-refractivity contribution is 8.00. The summed E-state index contributed by atoms with van der Waals surface area (Å²) in [5, 5.41) is 12.6. The third kappa shape index (κ3) is 1.79. The number of Topliss-reactive ketones (excluding diaryl/α,β-unsaturated/α-hetero) is 1. The van der Waals surface area contributed by atoms with Crippen LogP contribution in [0.2, 0.25) is 0 Å². The fourth-order valence-electron chi connectivity index (χ4n) is 1.86. The topological polar surface area (TPSA) is 68.9 Å². The van der Waals surface area contributed by atoms with E-state index in [0.29, 0.717) is 22.9 Å². The number of nitrogens with zero attached hydrogens (tertiary/aromatic N) is 3. The van der Waals surface area contributed by atoms with E-state index in [-0.39, 0.29) is 5.78 Å². The summed E-state index contributed by atoms with van der Waals surface area (Å²) in [6.07, 6.45) is 4.19. The Balaban J connectivity index is 2.06. The van der Waals surface area contributed by atoms with Crippen LogP contribution in [0.15, 0.2) is 8.86 Å². The van der Waals surface area contributed by atoms with Gasteiger partial charge in [-0.25, -0.2) is 0 Å². The number of hydrogen-bond acceptors (Lipinski definition) is 7. The van der Waals surface area contributed by atoms with Gasteiger partial charge in [0.15, 0.2) is 20.8 Å². The lowest BCUT2D eigenvalue weighted by molar-refractivity contribution is 0.0964. The van der Waals surface area contributed by atoms with E-state index in [0.717, 1.165) is 22.7 Å². The van der Waals surface area contributed by atoms with E-state index in [4.69, 9.17) is 4.52 Å². The molecular weight excluding hydrogens is 258 g/mol. The number of carbonyl (C=O) groups is 1. The normalized spacial score (nSPS) is 15.0. The van der Waals surface area contributed by atoms with Crippen molar-refractivity contribution in [2.45, 2.75) is 23.6 Å². The minimum Gasteiger partial charge on any atom is -0.353 e. The Morgan fingerprint density at radius 3 is 3.00 bits per heavy atom. The molecule has 2 aromatic heterocycles. The van der Waals surface area contributed by atoms with Crippen LogP contribution in [0.5, 0.6) is 0 Å². The SMILES string of the molecule is CSc1nnc(-c2onc3c2CCCC3=O)s1. The van der Waals surface area contributed by atoms with Crippen LogP contribution in [0.3, 0.4) is 0 Å². The summed E-state index contributed by atoms with van der Waals surface area (Å²) in [5.41, 5.74) is 1.37. The summed E-state index contributed by atoms with van der Waals surface area (Å²) in [7, 11) is 0. The van der Waals surface area contributed by atoms with Crippen molar-refractivity contribution >= 4 is 28.9 Å². The van der Waals surface area contributed by atoms with Crippen molar-refractivity contribution in [1.29, 1.82) is 0 Å². The predicted molar refractivity (Wildman–Crippen MR) is 64.5 cm³/mol. The summed E-state index contributed by atoms with van der Waals surface area (Å²) in [6, 6.07) is 0. The third-order valence-electron chi connectivity index (χ3n) is 2.66. The van der Waals surface area contributed by atoms with Crippen molar-refractivity contribution < 1.29 is 9.32 Å². The number of aromatic nitrogens is 3. The molecule has 17 heavy (non-hydrogen) atoms. The van der Waals surface area contributed by atoms with Gasteiger partial charge in [-0.15, -0.1) is 10.2 Å². The average Bonchev–Trinajstić information content (AvgIpc) is 2.94. The van der Waals surface area contributed by atoms with Gasteiger partial charge in [-0.2, -0.15) is 0 Å². The van der Waals surface area contributed by atoms with E-state index in [1.54, 1.807) is 11.8 Å². The minimum absolute atomic E-state index is 0.0656. The summed E-state index contributed by atoms with van der Waals surface area (Å²) < 4.78 is 6.14. The Kier molecular flexibility index (Phi) is 2.71. The van der Waals surface area contributed by atoms with Crippen LogP contribution in [0.1, 0.15) is 28.9 Å². The van der Waals surface area contributed by atoms with Gasteiger partial charge in [-0.1, -0.05) is 28.3 Å². The van der Waals surface area contributed by atoms with Crippen LogP contribution in [0, 0.1) is 0 Å². The fraction of sp³-hybridized carbons (Fsp3) is 0.400. The van der Waals surface area contributed by atoms with Gasteiger partial charge in [0, 0.05) is 12.0 Å². The van der Waals surface area contributed by atoms with Crippen molar-refractivity contribution in [3.05, 3.63) is 11.3 Å². The van der Waals surface area contributed by atoms with Gasteiger partial charge >= 0.3 is 0 Å². The zero-order valence-electron chi connectivity index (χ0n) is 9.10. The number of hydrogen-bond donors (Lipinski definition) is 0. The smallest absolute Gasteiger partial charge is 0.201 e. The monoisotopic (exact) mass is 267 g/mol. The molecule has 1 aliphatic carbocycles. The summed E-state index contributed by atoms with van der Waals surface area (Å²) in [4.78, 5) is 11.6. The highest BCUT2D eigenvalue weighted by Gasteiger charge is 2.27. The van der Waals surface area contributed by atoms with Gasteiger partial charge in [-0.05, 0) is 19.1 Å². The molecule has 0 spiro atoms. The van der Waals surface area contributed by atoms with Crippen molar-refractivity contribution in [1.82, 2.24) is 15.4 Å². The predicted octanol–water partition coefficient (Wildman–Crippen LogP) is 2.43. The lowest BCUT2D eigenvalue weighted by atomic mass is 9.95. The molecule has 1 aliphatic rings. The first-order valence-electron chi connectivity index (χ1n) is 5.19. The van der Waals surface area contributed by atoms with Crippen molar-refractivity contribution in [3.63, 3.8) is 0 Å². The molecule has 5 nitrogen and oxygen atoms in total. The van der Waals surface area contributed by atoms with E-state index in [1.807, 2.05) is 6.26 Å². The maximum Gasteiger partial charge on any atom is 0.201 e. The fourth-order valence-corrected chi connectivity index (χ4v) is 3.13. The first-order chi connectivity index (χ1) is 8.29. The summed E-state index contributed by atoms with van der Waals surface area (Å²) in [6.45, 7) is 0. The molecule has 0 saturated carbocycles. The zero-order chi connectivity index (χ0) is 11.8. The second kappa shape index (κ2) is 4.23. The Hall–Kier alpha value is -1.21. The van der Waals surface area contributed by atoms with Crippen molar-refractivity contribution in [2.75, 3.05) is 6.26 Å². The van der Waals surface area contributed by atoms with Crippen molar-refractivity contribution in [3.8, 4) is 10.8 Å². The molecule has 0 unspecified atom stereocenters. The Morgan fingerprint density at radius 2 is 2.24 bits per heavy atom. The number of fused-ring (bicyclic) bond motifs is 1. The molecule has 7 heteroatoms. The van der Waals surface area contributed by atoms with E-state index in [2.05, 4.69) is 15.4 Å². The average molecular weight is 267 g/mol. The van der Waals surface area contributed by atoms with Gasteiger partial charge in [0.25, 0.3) is 0 Å². The molecule has 0 amide bonds. The standard InChI is InChI=1S/C10H9N3O2S2/c1-16-10-12-11-9(17-10)8-5-3-2-4-6(14)7(5)13-15-8/h2-4H2,1H3.